The first-order valence-corrected chi connectivity index (χ1v) is 7.02. The van der Waals surface area contributed by atoms with E-state index in [-0.39, 0.29) is 0 Å². The molecule has 0 aliphatic heterocycles. The molecular weight excluding hydrogens is 238 g/mol. The molecule has 5 nitrogen and oxygen atoms in total. The molecule has 0 radical (unpaired) electrons. The molecule has 0 atom stereocenters. The fourth-order valence-electron chi connectivity index (χ4n) is 2.51. The molecule has 2 aromatic heterocycles. The van der Waals surface area contributed by atoms with Gasteiger partial charge in [0, 0.05) is 30.3 Å². The molecule has 0 aromatic carbocycles. The second kappa shape index (κ2) is 4.40. The summed E-state index contributed by atoms with van der Waals surface area (Å²) in [6, 6.07) is 0.345. The van der Waals surface area contributed by atoms with Crippen LogP contribution in [0.15, 0.2) is 12.4 Å². The van der Waals surface area contributed by atoms with E-state index in [1.807, 2.05) is 17.1 Å². The van der Waals surface area contributed by atoms with Crippen molar-refractivity contribution in [2.45, 2.75) is 52.1 Å². The standard InChI is InChI=1S/C14H21N5/c1-4-18-8-11(7-16-18)12-13(15)19(9(2)3)14(17-12)10-5-6-10/h7-10H,4-6,15H2,1-3H3. The summed E-state index contributed by atoms with van der Waals surface area (Å²) in [5.74, 6) is 2.51. The maximum atomic E-state index is 6.32. The van der Waals surface area contributed by atoms with Crippen molar-refractivity contribution in [3.05, 3.63) is 18.2 Å². The predicted octanol–water partition coefficient (Wildman–Crippen LogP) is 2.81. The lowest BCUT2D eigenvalue weighted by Crippen LogP contribution is -2.08. The third-order valence-corrected chi connectivity index (χ3v) is 3.66. The molecule has 2 aromatic rings. The van der Waals surface area contributed by atoms with Crippen molar-refractivity contribution < 1.29 is 0 Å². The Morgan fingerprint density at radius 1 is 1.42 bits per heavy atom. The molecule has 2 N–H and O–H groups in total. The SMILES string of the molecule is CCn1cc(-c2nc(C3CC3)n(C(C)C)c2N)cn1. The molecule has 0 amide bonds. The molecule has 2 heterocycles. The average Bonchev–Trinajstić information content (AvgIpc) is 3.00. The number of hydrogen-bond acceptors (Lipinski definition) is 3. The molecule has 0 unspecified atom stereocenters. The van der Waals surface area contributed by atoms with Crippen molar-refractivity contribution >= 4 is 5.82 Å². The summed E-state index contributed by atoms with van der Waals surface area (Å²) in [6.45, 7) is 7.25. The molecule has 5 heteroatoms. The summed E-state index contributed by atoms with van der Waals surface area (Å²) in [4.78, 5) is 4.80. The highest BCUT2D eigenvalue weighted by Crippen LogP contribution is 2.43. The third-order valence-electron chi connectivity index (χ3n) is 3.66. The number of hydrogen-bond donors (Lipinski definition) is 1. The average molecular weight is 259 g/mol. The van der Waals surface area contributed by atoms with E-state index in [1.54, 1.807) is 0 Å². The lowest BCUT2D eigenvalue weighted by molar-refractivity contribution is 0.576. The molecule has 1 fully saturated rings. The Bertz CT molecular complexity index is 589. The maximum Gasteiger partial charge on any atom is 0.132 e. The second-order valence-electron chi connectivity index (χ2n) is 5.53. The van der Waals surface area contributed by atoms with Crippen LogP contribution in [0.4, 0.5) is 5.82 Å². The Kier molecular flexibility index (Phi) is 2.84. The Hall–Kier alpha value is -1.78. The monoisotopic (exact) mass is 259 g/mol. The van der Waals surface area contributed by atoms with Gasteiger partial charge in [0.1, 0.15) is 17.3 Å². The molecule has 0 bridgehead atoms. The predicted molar refractivity (Wildman–Crippen MR) is 75.9 cm³/mol. The van der Waals surface area contributed by atoms with Crippen LogP contribution in [0.3, 0.4) is 0 Å². The lowest BCUT2D eigenvalue weighted by atomic mass is 10.2. The molecule has 0 spiro atoms. The van der Waals surface area contributed by atoms with E-state index in [4.69, 9.17) is 10.7 Å². The van der Waals surface area contributed by atoms with Gasteiger partial charge in [-0.05, 0) is 33.6 Å². The molecule has 1 aliphatic rings. The zero-order valence-corrected chi connectivity index (χ0v) is 11.8. The Labute approximate surface area is 113 Å². The van der Waals surface area contributed by atoms with Crippen molar-refractivity contribution in [3.8, 4) is 11.3 Å². The minimum atomic E-state index is 0.345. The van der Waals surface area contributed by atoms with E-state index < -0.39 is 0 Å². The molecule has 1 aliphatic carbocycles. The fourth-order valence-corrected chi connectivity index (χ4v) is 2.51. The van der Waals surface area contributed by atoms with Gasteiger partial charge < -0.3 is 10.3 Å². The minimum absolute atomic E-state index is 0.345. The molecule has 102 valence electrons. The summed E-state index contributed by atoms with van der Waals surface area (Å²) in [5.41, 5.74) is 8.22. The van der Waals surface area contributed by atoms with Gasteiger partial charge in [-0.25, -0.2) is 4.98 Å². The van der Waals surface area contributed by atoms with Crippen molar-refractivity contribution in [2.75, 3.05) is 5.73 Å². The number of aryl methyl sites for hydroxylation is 1. The van der Waals surface area contributed by atoms with Gasteiger partial charge in [0.05, 0.1) is 6.20 Å². The quantitative estimate of drug-likeness (QED) is 0.918. The third kappa shape index (κ3) is 2.03. The zero-order valence-electron chi connectivity index (χ0n) is 11.8. The summed E-state index contributed by atoms with van der Waals surface area (Å²) in [7, 11) is 0. The number of rotatable bonds is 4. The number of nitrogens with zero attached hydrogens (tertiary/aromatic N) is 4. The van der Waals surface area contributed by atoms with Crippen molar-refractivity contribution in [3.63, 3.8) is 0 Å². The van der Waals surface area contributed by atoms with Crippen molar-refractivity contribution in [1.82, 2.24) is 19.3 Å². The molecule has 3 rings (SSSR count). The van der Waals surface area contributed by atoms with Gasteiger partial charge in [-0.2, -0.15) is 5.10 Å². The van der Waals surface area contributed by atoms with Crippen LogP contribution in [0.5, 0.6) is 0 Å². The van der Waals surface area contributed by atoms with E-state index in [0.717, 1.165) is 29.4 Å². The molecular formula is C14H21N5. The first-order valence-electron chi connectivity index (χ1n) is 7.02. The normalized spacial score (nSPS) is 15.4. The highest BCUT2D eigenvalue weighted by atomic mass is 15.3. The topological polar surface area (TPSA) is 61.7 Å². The van der Waals surface area contributed by atoms with E-state index >= 15 is 0 Å². The van der Waals surface area contributed by atoms with Gasteiger partial charge in [0.15, 0.2) is 0 Å². The Balaban J connectivity index is 2.08. The van der Waals surface area contributed by atoms with E-state index in [0.29, 0.717) is 12.0 Å². The number of anilines is 1. The van der Waals surface area contributed by atoms with Crippen LogP contribution in [0.2, 0.25) is 0 Å². The van der Waals surface area contributed by atoms with Crippen LogP contribution in [-0.2, 0) is 6.54 Å². The molecule has 1 saturated carbocycles. The molecule has 19 heavy (non-hydrogen) atoms. The van der Waals surface area contributed by atoms with Gasteiger partial charge in [-0.1, -0.05) is 0 Å². The Morgan fingerprint density at radius 3 is 2.68 bits per heavy atom. The number of aromatic nitrogens is 4. The van der Waals surface area contributed by atoms with Gasteiger partial charge in [-0.3, -0.25) is 4.68 Å². The van der Waals surface area contributed by atoms with Crippen LogP contribution < -0.4 is 5.73 Å². The first-order chi connectivity index (χ1) is 9.11. The number of nitrogen functional groups attached to an aromatic ring is 1. The van der Waals surface area contributed by atoms with Gasteiger partial charge in [0.2, 0.25) is 0 Å². The van der Waals surface area contributed by atoms with Crippen molar-refractivity contribution in [1.29, 1.82) is 0 Å². The smallest absolute Gasteiger partial charge is 0.132 e. The van der Waals surface area contributed by atoms with Gasteiger partial charge >= 0.3 is 0 Å². The summed E-state index contributed by atoms with van der Waals surface area (Å²) in [6.07, 6.45) is 6.33. The fraction of sp³-hybridized carbons (Fsp3) is 0.571. The van der Waals surface area contributed by atoms with E-state index in [9.17, 15) is 0 Å². The highest BCUT2D eigenvalue weighted by molar-refractivity contribution is 5.70. The number of imidazole rings is 1. The summed E-state index contributed by atoms with van der Waals surface area (Å²) < 4.78 is 4.08. The van der Waals surface area contributed by atoms with Crippen LogP contribution in [0.1, 0.15) is 51.4 Å². The van der Waals surface area contributed by atoms with E-state index in [2.05, 4.69) is 30.4 Å². The van der Waals surface area contributed by atoms with Gasteiger partial charge in [-0.15, -0.1) is 0 Å². The van der Waals surface area contributed by atoms with Crippen LogP contribution in [0, 0.1) is 0 Å². The first kappa shape index (κ1) is 12.3. The largest absolute Gasteiger partial charge is 0.383 e. The Morgan fingerprint density at radius 2 is 2.16 bits per heavy atom. The summed E-state index contributed by atoms with van der Waals surface area (Å²) in [5, 5.41) is 4.31. The van der Waals surface area contributed by atoms with Crippen LogP contribution in [-0.4, -0.2) is 19.3 Å². The van der Waals surface area contributed by atoms with Crippen LogP contribution in [0.25, 0.3) is 11.3 Å². The molecule has 0 saturated heterocycles. The number of nitrogens with two attached hydrogens (primary N) is 1. The maximum absolute atomic E-state index is 6.32. The van der Waals surface area contributed by atoms with Crippen LogP contribution >= 0.6 is 0 Å². The van der Waals surface area contributed by atoms with Gasteiger partial charge in [0.25, 0.3) is 0 Å². The lowest BCUT2D eigenvalue weighted by Gasteiger charge is -2.13. The minimum Gasteiger partial charge on any atom is -0.383 e. The second-order valence-corrected chi connectivity index (χ2v) is 5.53. The van der Waals surface area contributed by atoms with Crippen molar-refractivity contribution in [2.24, 2.45) is 0 Å². The summed E-state index contributed by atoms with van der Waals surface area (Å²) >= 11 is 0. The van der Waals surface area contributed by atoms with E-state index in [1.165, 1.54) is 12.8 Å². The highest BCUT2D eigenvalue weighted by Gasteiger charge is 2.31. The zero-order chi connectivity index (χ0) is 13.6.